The lowest BCUT2D eigenvalue weighted by Crippen LogP contribution is -2.15. The summed E-state index contributed by atoms with van der Waals surface area (Å²) in [5, 5.41) is 8.91. The van der Waals surface area contributed by atoms with Gasteiger partial charge in [0.1, 0.15) is 30.5 Å². The van der Waals surface area contributed by atoms with Crippen molar-refractivity contribution in [3.05, 3.63) is 78.4 Å². The summed E-state index contributed by atoms with van der Waals surface area (Å²) < 4.78 is 44.3. The number of hydrogen-bond acceptors (Lipinski definition) is 6. The third-order valence-corrected chi connectivity index (χ3v) is 5.56. The molecule has 0 spiro atoms. The zero-order valence-corrected chi connectivity index (χ0v) is 17.5. The van der Waals surface area contributed by atoms with Gasteiger partial charge >= 0.3 is 5.97 Å². The SMILES string of the molecule is COc1cccc(S(=O)(=O)Nc2ccccc2OCCOc2ccc(C(=O)O)cc2)c1. The number of benzene rings is 3. The molecule has 3 rings (SSSR count). The van der Waals surface area contributed by atoms with Gasteiger partial charge in [0.05, 0.1) is 23.3 Å². The van der Waals surface area contributed by atoms with Crippen LogP contribution in [0.4, 0.5) is 5.69 Å². The molecule has 0 fully saturated rings. The number of carboxylic acids is 1. The fourth-order valence-electron chi connectivity index (χ4n) is 2.65. The van der Waals surface area contributed by atoms with Crippen LogP contribution in [0.25, 0.3) is 0 Å². The topological polar surface area (TPSA) is 111 Å². The number of aromatic carboxylic acids is 1. The van der Waals surface area contributed by atoms with E-state index in [0.29, 0.717) is 17.2 Å². The average Bonchev–Trinajstić information content (AvgIpc) is 2.78. The molecule has 162 valence electrons. The molecule has 0 saturated carbocycles. The molecule has 0 radical (unpaired) electrons. The second kappa shape index (κ2) is 9.86. The zero-order valence-electron chi connectivity index (χ0n) is 16.6. The third kappa shape index (κ3) is 5.89. The molecule has 9 heteroatoms. The van der Waals surface area contributed by atoms with Gasteiger partial charge in [0.2, 0.25) is 0 Å². The first-order valence-electron chi connectivity index (χ1n) is 9.24. The predicted molar refractivity (Wildman–Crippen MR) is 115 cm³/mol. The van der Waals surface area contributed by atoms with E-state index in [1.54, 1.807) is 48.5 Å². The minimum atomic E-state index is -3.84. The number of ether oxygens (including phenoxy) is 3. The fourth-order valence-corrected chi connectivity index (χ4v) is 3.76. The van der Waals surface area contributed by atoms with Gasteiger partial charge in [-0.1, -0.05) is 18.2 Å². The number of para-hydroxylation sites is 2. The molecule has 31 heavy (non-hydrogen) atoms. The molecule has 3 aromatic carbocycles. The van der Waals surface area contributed by atoms with Crippen LogP contribution in [0.3, 0.4) is 0 Å². The standard InChI is InChI=1S/C22H21NO7S/c1-28-18-5-4-6-19(15-18)31(26,27)23-20-7-2-3-8-21(20)30-14-13-29-17-11-9-16(10-12-17)22(24)25/h2-12,15,23H,13-14H2,1H3,(H,24,25). The van der Waals surface area contributed by atoms with Crippen LogP contribution in [0.15, 0.2) is 77.7 Å². The molecule has 0 saturated heterocycles. The van der Waals surface area contributed by atoms with Gasteiger partial charge in [0.25, 0.3) is 10.0 Å². The van der Waals surface area contributed by atoms with Crippen LogP contribution in [0.5, 0.6) is 17.2 Å². The maximum absolute atomic E-state index is 12.7. The highest BCUT2D eigenvalue weighted by molar-refractivity contribution is 7.92. The molecule has 0 amide bonds. The van der Waals surface area contributed by atoms with E-state index in [4.69, 9.17) is 19.3 Å². The summed E-state index contributed by atoms with van der Waals surface area (Å²) in [6.07, 6.45) is 0. The van der Waals surface area contributed by atoms with Crippen LogP contribution in [-0.4, -0.2) is 39.8 Å². The molecule has 3 aromatic rings. The van der Waals surface area contributed by atoms with Crippen molar-refractivity contribution in [2.45, 2.75) is 4.90 Å². The summed E-state index contributed by atoms with van der Waals surface area (Å²) in [6, 6.07) is 18.8. The first kappa shape index (κ1) is 22.0. The van der Waals surface area contributed by atoms with E-state index in [1.807, 2.05) is 0 Å². The molecule has 0 bridgehead atoms. The lowest BCUT2D eigenvalue weighted by molar-refractivity contribution is 0.0697. The predicted octanol–water partition coefficient (Wildman–Crippen LogP) is 3.65. The van der Waals surface area contributed by atoms with Crippen LogP contribution in [0.2, 0.25) is 0 Å². The van der Waals surface area contributed by atoms with Crippen molar-refractivity contribution < 1.29 is 32.5 Å². The Morgan fingerprint density at radius 2 is 1.61 bits per heavy atom. The summed E-state index contributed by atoms with van der Waals surface area (Å²) >= 11 is 0. The Bertz CT molecular complexity index is 1140. The van der Waals surface area contributed by atoms with Crippen molar-refractivity contribution in [3.8, 4) is 17.2 Å². The average molecular weight is 443 g/mol. The number of sulfonamides is 1. The maximum atomic E-state index is 12.7. The zero-order chi connectivity index (χ0) is 22.3. The molecule has 0 aliphatic carbocycles. The normalized spacial score (nSPS) is 10.9. The van der Waals surface area contributed by atoms with E-state index in [-0.39, 0.29) is 29.4 Å². The number of rotatable bonds is 10. The van der Waals surface area contributed by atoms with Crippen LogP contribution in [0.1, 0.15) is 10.4 Å². The summed E-state index contributed by atoms with van der Waals surface area (Å²) in [5.74, 6) is 0.267. The fraction of sp³-hybridized carbons (Fsp3) is 0.136. The number of methoxy groups -OCH3 is 1. The number of nitrogens with one attached hydrogen (secondary N) is 1. The Balaban J connectivity index is 1.61. The quantitative estimate of drug-likeness (QED) is 0.460. The van der Waals surface area contributed by atoms with Gasteiger partial charge in [-0.3, -0.25) is 4.72 Å². The van der Waals surface area contributed by atoms with Crippen LogP contribution >= 0.6 is 0 Å². The third-order valence-electron chi connectivity index (χ3n) is 4.19. The number of carboxylic acid groups (broad SMARTS) is 1. The monoisotopic (exact) mass is 443 g/mol. The molecule has 0 aromatic heterocycles. The smallest absolute Gasteiger partial charge is 0.335 e. The van der Waals surface area contributed by atoms with Gasteiger partial charge in [0, 0.05) is 6.07 Å². The van der Waals surface area contributed by atoms with Crippen molar-refractivity contribution in [2.24, 2.45) is 0 Å². The van der Waals surface area contributed by atoms with Crippen molar-refractivity contribution in [3.63, 3.8) is 0 Å². The van der Waals surface area contributed by atoms with Crippen molar-refractivity contribution in [1.82, 2.24) is 0 Å². The Labute approximate surface area is 180 Å². The summed E-state index contributed by atoms with van der Waals surface area (Å²) in [6.45, 7) is 0.335. The molecule has 2 N–H and O–H groups in total. The van der Waals surface area contributed by atoms with Gasteiger partial charge in [-0.05, 0) is 48.5 Å². The molecular weight excluding hydrogens is 422 g/mol. The molecule has 0 aliphatic heterocycles. The Kier molecular flexibility index (Phi) is 6.99. The van der Waals surface area contributed by atoms with Gasteiger partial charge in [-0.15, -0.1) is 0 Å². The maximum Gasteiger partial charge on any atom is 0.335 e. The highest BCUT2D eigenvalue weighted by Gasteiger charge is 2.17. The lowest BCUT2D eigenvalue weighted by atomic mass is 10.2. The van der Waals surface area contributed by atoms with E-state index in [1.165, 1.54) is 31.4 Å². The molecule has 0 aliphatic rings. The number of carbonyl (C=O) groups is 1. The minimum Gasteiger partial charge on any atom is -0.497 e. The van der Waals surface area contributed by atoms with Gasteiger partial charge in [0.15, 0.2) is 0 Å². The molecule has 0 unspecified atom stereocenters. The Morgan fingerprint density at radius 3 is 2.32 bits per heavy atom. The molecule has 8 nitrogen and oxygen atoms in total. The summed E-state index contributed by atoms with van der Waals surface area (Å²) in [7, 11) is -2.38. The molecule has 0 heterocycles. The Morgan fingerprint density at radius 1 is 0.903 bits per heavy atom. The van der Waals surface area contributed by atoms with Crippen LogP contribution in [0, 0.1) is 0 Å². The first-order valence-corrected chi connectivity index (χ1v) is 10.7. The Hall–Kier alpha value is -3.72. The van der Waals surface area contributed by atoms with Gasteiger partial charge in [-0.2, -0.15) is 0 Å². The first-order chi connectivity index (χ1) is 14.9. The largest absolute Gasteiger partial charge is 0.497 e. The van der Waals surface area contributed by atoms with E-state index >= 15 is 0 Å². The van der Waals surface area contributed by atoms with E-state index in [2.05, 4.69) is 4.72 Å². The second-order valence-corrected chi connectivity index (χ2v) is 7.99. The van der Waals surface area contributed by atoms with E-state index < -0.39 is 16.0 Å². The number of anilines is 1. The highest BCUT2D eigenvalue weighted by atomic mass is 32.2. The van der Waals surface area contributed by atoms with Crippen molar-refractivity contribution in [2.75, 3.05) is 25.0 Å². The second-order valence-electron chi connectivity index (χ2n) is 6.31. The van der Waals surface area contributed by atoms with Gasteiger partial charge < -0.3 is 19.3 Å². The number of hydrogen-bond donors (Lipinski definition) is 2. The van der Waals surface area contributed by atoms with Gasteiger partial charge in [-0.25, -0.2) is 13.2 Å². The van der Waals surface area contributed by atoms with Crippen LogP contribution in [-0.2, 0) is 10.0 Å². The summed E-state index contributed by atoms with van der Waals surface area (Å²) in [5.41, 5.74) is 0.456. The molecular formula is C22H21NO7S. The highest BCUT2D eigenvalue weighted by Crippen LogP contribution is 2.27. The van der Waals surface area contributed by atoms with Crippen molar-refractivity contribution >= 4 is 21.7 Å². The minimum absolute atomic E-state index is 0.0646. The van der Waals surface area contributed by atoms with Crippen LogP contribution < -0.4 is 18.9 Å². The summed E-state index contributed by atoms with van der Waals surface area (Å²) in [4.78, 5) is 10.9. The van der Waals surface area contributed by atoms with E-state index in [9.17, 15) is 13.2 Å². The molecule has 0 atom stereocenters. The van der Waals surface area contributed by atoms with E-state index in [0.717, 1.165) is 0 Å². The lowest BCUT2D eigenvalue weighted by Gasteiger charge is -2.14. The van der Waals surface area contributed by atoms with Crippen molar-refractivity contribution in [1.29, 1.82) is 0 Å².